The molecule has 4 fully saturated rings. The summed E-state index contributed by atoms with van der Waals surface area (Å²) < 4.78 is 40.1. The number of carbonyl (C=O) groups is 1. The van der Waals surface area contributed by atoms with Gasteiger partial charge in [0.15, 0.2) is 5.82 Å². The summed E-state index contributed by atoms with van der Waals surface area (Å²) in [4.78, 5) is 34.5. The Morgan fingerprint density at radius 2 is 1.58 bits per heavy atom. The molecule has 4 aliphatic heterocycles. The molecule has 2 atom stereocenters. The molecule has 12 heteroatoms. The van der Waals surface area contributed by atoms with Gasteiger partial charge in [0.2, 0.25) is 0 Å². The number of fused-ring (bicyclic) bond motifs is 5. The second kappa shape index (κ2) is 16.1. The third kappa shape index (κ3) is 7.94. The van der Waals surface area contributed by atoms with Crippen LogP contribution >= 0.6 is 0 Å². The van der Waals surface area contributed by atoms with Crippen LogP contribution in [0.25, 0.3) is 32.9 Å². The summed E-state index contributed by atoms with van der Waals surface area (Å²) in [5.41, 5.74) is 1.39. The van der Waals surface area contributed by atoms with E-state index in [9.17, 15) is 4.79 Å². The molecule has 4 saturated heterocycles. The molecule has 2 bridgehead atoms. The first kappa shape index (κ1) is 38.8. The summed E-state index contributed by atoms with van der Waals surface area (Å²) in [6, 6.07) is 21.8. The number of rotatable bonds is 8. The Morgan fingerprint density at radius 1 is 0.895 bits per heavy atom. The topological polar surface area (TPSA) is 102 Å². The van der Waals surface area contributed by atoms with E-state index in [-0.39, 0.29) is 40.9 Å². The predicted molar refractivity (Wildman–Crippen MR) is 219 cm³/mol. The maximum atomic E-state index is 17.3. The Morgan fingerprint density at radius 3 is 2.28 bits per heavy atom. The summed E-state index contributed by atoms with van der Waals surface area (Å²) in [6.07, 6.45) is 7.55. The number of nitrogens with zero attached hydrogens (tertiary/aromatic N) is 6. The molecule has 5 aromatic rings. The van der Waals surface area contributed by atoms with Crippen molar-refractivity contribution in [3.8, 4) is 23.0 Å². The number of hydrogen-bond donors (Lipinski definition) is 0. The maximum Gasteiger partial charge on any atom is 0.410 e. The number of carbonyl (C=O) groups excluding carboxylic acids is 1. The maximum absolute atomic E-state index is 17.3. The highest BCUT2D eigenvalue weighted by molar-refractivity contribution is 6.00. The van der Waals surface area contributed by atoms with Crippen LogP contribution in [0.4, 0.5) is 15.0 Å². The minimum absolute atomic E-state index is 0.0301. The highest BCUT2D eigenvalue weighted by Gasteiger charge is 2.46. The Kier molecular flexibility index (Phi) is 10.9. The number of hydrogen-bond acceptors (Lipinski definition) is 10. The lowest BCUT2D eigenvalue weighted by Gasteiger charge is -2.42. The zero-order valence-electron chi connectivity index (χ0n) is 33.7. The molecular weight excluding hydrogens is 724 g/mol. The predicted octanol–water partition coefficient (Wildman–Crippen LogP) is 8.42. The molecule has 6 heterocycles. The molecular formula is C45H53FN6O5. The molecule has 9 rings (SSSR count). The fourth-order valence-electron chi connectivity index (χ4n) is 9.17. The van der Waals surface area contributed by atoms with Crippen molar-refractivity contribution >= 4 is 33.6 Å². The number of aromatic nitrogens is 3. The monoisotopic (exact) mass is 776 g/mol. The molecule has 0 saturated carbocycles. The number of amides is 1. The highest BCUT2D eigenvalue weighted by Crippen LogP contribution is 2.42. The zero-order chi connectivity index (χ0) is 39.7. The normalized spacial score (nSPS) is 20.0. The highest BCUT2D eigenvalue weighted by atomic mass is 19.1. The van der Waals surface area contributed by atoms with Crippen molar-refractivity contribution in [3.63, 3.8) is 0 Å². The lowest BCUT2D eigenvalue weighted by atomic mass is 9.95. The number of pyridine rings is 1. The molecule has 57 heavy (non-hydrogen) atoms. The third-order valence-corrected chi connectivity index (χ3v) is 11.6. The molecule has 0 N–H and O–H groups in total. The van der Waals surface area contributed by atoms with Gasteiger partial charge in [-0.3, -0.25) is 14.8 Å². The zero-order valence-corrected chi connectivity index (χ0v) is 33.7. The van der Waals surface area contributed by atoms with E-state index in [2.05, 4.69) is 14.5 Å². The van der Waals surface area contributed by atoms with Gasteiger partial charge in [0.1, 0.15) is 41.6 Å². The minimum Gasteiger partial charge on any atom is -0.489 e. The molecule has 2 unspecified atom stereocenters. The lowest BCUT2D eigenvalue weighted by molar-refractivity contribution is 0.0122. The number of benzene rings is 3. The van der Waals surface area contributed by atoms with Crippen LogP contribution in [0, 0.1) is 5.82 Å². The van der Waals surface area contributed by atoms with Crippen molar-refractivity contribution in [3.05, 3.63) is 84.3 Å². The van der Waals surface area contributed by atoms with Gasteiger partial charge in [-0.2, -0.15) is 9.97 Å². The fraction of sp³-hybridized carbons (Fsp3) is 0.467. The van der Waals surface area contributed by atoms with Crippen LogP contribution in [-0.4, -0.2) is 101 Å². The Bertz CT molecular complexity index is 2210. The van der Waals surface area contributed by atoms with E-state index in [1.807, 2.05) is 92.4 Å². The van der Waals surface area contributed by atoms with Crippen molar-refractivity contribution in [2.75, 3.05) is 51.9 Å². The Hall–Kier alpha value is -5.07. The van der Waals surface area contributed by atoms with Crippen molar-refractivity contribution < 1.29 is 28.1 Å². The lowest BCUT2D eigenvalue weighted by Crippen LogP contribution is -2.57. The van der Waals surface area contributed by atoms with Crippen LogP contribution in [0.5, 0.6) is 11.8 Å². The average Bonchev–Trinajstić information content (AvgIpc) is 3.86. The van der Waals surface area contributed by atoms with Crippen molar-refractivity contribution in [1.82, 2.24) is 24.8 Å². The van der Waals surface area contributed by atoms with Gasteiger partial charge in [0.05, 0.1) is 23.0 Å². The smallest absolute Gasteiger partial charge is 0.410 e. The van der Waals surface area contributed by atoms with E-state index >= 15 is 4.39 Å². The van der Waals surface area contributed by atoms with Crippen molar-refractivity contribution in [1.29, 1.82) is 0 Å². The molecule has 300 valence electrons. The van der Waals surface area contributed by atoms with E-state index in [0.717, 1.165) is 68.0 Å². The molecule has 3 aromatic carbocycles. The molecule has 0 spiro atoms. The molecule has 1 amide bonds. The number of methoxy groups -OCH3 is 1. The first-order valence-corrected chi connectivity index (χ1v) is 20.2. The van der Waals surface area contributed by atoms with Gasteiger partial charge in [0, 0.05) is 39.1 Å². The van der Waals surface area contributed by atoms with Crippen LogP contribution in [0.3, 0.4) is 0 Å². The van der Waals surface area contributed by atoms with Gasteiger partial charge in [0.25, 0.3) is 0 Å². The van der Waals surface area contributed by atoms with E-state index < -0.39 is 11.4 Å². The van der Waals surface area contributed by atoms with Gasteiger partial charge in [-0.1, -0.05) is 54.6 Å². The second-order valence-electron chi connectivity index (χ2n) is 16.8. The fourth-order valence-corrected chi connectivity index (χ4v) is 9.17. The number of ether oxygens (including phenoxy) is 4. The molecule has 0 aliphatic carbocycles. The summed E-state index contributed by atoms with van der Waals surface area (Å²) in [6.45, 7) is 9.72. The average molecular weight is 777 g/mol. The summed E-state index contributed by atoms with van der Waals surface area (Å²) >= 11 is 0. The first-order chi connectivity index (χ1) is 27.6. The number of anilines is 1. The number of piperazine rings is 1. The van der Waals surface area contributed by atoms with Gasteiger partial charge < -0.3 is 23.8 Å². The number of halogens is 1. The van der Waals surface area contributed by atoms with Crippen LogP contribution < -0.4 is 14.4 Å². The van der Waals surface area contributed by atoms with E-state index in [1.165, 1.54) is 0 Å². The molecule has 0 radical (unpaired) electrons. The SMILES string of the molecule is CC(C)(C)OC(=O)N1C2CCC1CN(c1nc(OCC34CCCN3CCC4)nc3c(F)c(-c4cc(OCc5ccccc5)cc5ccccc45)ncc13)C2.COC. The van der Waals surface area contributed by atoms with Gasteiger partial charge >= 0.3 is 12.1 Å². The molecule has 2 aromatic heterocycles. The van der Waals surface area contributed by atoms with Gasteiger partial charge in [-0.05, 0) is 101 Å². The quantitative estimate of drug-likeness (QED) is 0.153. The van der Waals surface area contributed by atoms with Crippen LogP contribution in [-0.2, 0) is 16.1 Å². The van der Waals surface area contributed by atoms with E-state index in [1.54, 1.807) is 20.4 Å². The molecule has 4 aliphatic rings. The largest absolute Gasteiger partial charge is 0.489 e. The van der Waals surface area contributed by atoms with Crippen molar-refractivity contribution in [2.45, 2.75) is 89.1 Å². The third-order valence-electron chi connectivity index (χ3n) is 11.6. The standard InChI is InChI=1S/C43H47FN6O4.C2H6O/c1-42(2,3)54-41(51)50-30-15-16-31(50)25-48(24-30)39-35-23-45-37(36(44)38(35)46-40(47-39)53-27-43-17-9-19-49(43)20-10-18-43)34-22-32(21-29-13-7-8-14-33(29)34)52-26-28-11-5-4-6-12-28;1-3-2/h4-8,11-14,21-23,30-31H,9-10,15-20,24-27H2,1-3H3;1-2H3. The van der Waals surface area contributed by atoms with E-state index in [4.69, 9.17) is 29.2 Å². The first-order valence-electron chi connectivity index (χ1n) is 20.2. The summed E-state index contributed by atoms with van der Waals surface area (Å²) in [7, 11) is 3.25. The minimum atomic E-state index is -0.587. The van der Waals surface area contributed by atoms with Gasteiger partial charge in [-0.15, -0.1) is 0 Å². The summed E-state index contributed by atoms with van der Waals surface area (Å²) in [5.74, 6) is 0.658. The van der Waals surface area contributed by atoms with Crippen molar-refractivity contribution in [2.24, 2.45) is 0 Å². The Balaban J connectivity index is 0.00000147. The second-order valence-corrected chi connectivity index (χ2v) is 16.8. The Labute approximate surface area is 334 Å². The van der Waals surface area contributed by atoms with E-state index in [0.29, 0.717) is 48.8 Å². The summed E-state index contributed by atoms with van der Waals surface area (Å²) in [5, 5.41) is 2.29. The van der Waals surface area contributed by atoms with Gasteiger partial charge in [-0.25, -0.2) is 9.18 Å². The van der Waals surface area contributed by atoms with Crippen LogP contribution in [0.1, 0.15) is 64.9 Å². The van der Waals surface area contributed by atoms with Crippen LogP contribution in [0.2, 0.25) is 0 Å². The van der Waals surface area contributed by atoms with Crippen LogP contribution in [0.15, 0.2) is 72.9 Å². The molecule has 11 nitrogen and oxygen atoms in total.